The number of nitrogens with one attached hydrogen (secondary N) is 1. The van der Waals surface area contributed by atoms with Crippen molar-refractivity contribution in [2.75, 3.05) is 26.2 Å². The zero-order chi connectivity index (χ0) is 14.7. The summed E-state index contributed by atoms with van der Waals surface area (Å²) in [5.41, 5.74) is 0. The molecule has 3 heterocycles. The maximum Gasteiger partial charge on any atom is 0.224 e. The fourth-order valence-corrected chi connectivity index (χ4v) is 4.04. The summed E-state index contributed by atoms with van der Waals surface area (Å²) in [6, 6.07) is 0.863. The Balaban J connectivity index is 1.56. The van der Waals surface area contributed by atoms with Gasteiger partial charge in [-0.2, -0.15) is 0 Å². The highest BCUT2D eigenvalue weighted by Gasteiger charge is 2.34. The van der Waals surface area contributed by atoms with Gasteiger partial charge in [0, 0.05) is 44.6 Å². The normalized spacial score (nSPS) is 30.2. The lowest BCUT2D eigenvalue weighted by Gasteiger charge is -2.41. The number of rotatable bonds is 3. The molecule has 0 aromatic heterocycles. The molecule has 0 bridgehead atoms. The molecule has 1 N–H and O–H groups in total. The molecule has 3 aliphatic rings. The molecular weight excluding hydrogens is 266 g/mol. The van der Waals surface area contributed by atoms with E-state index in [1.54, 1.807) is 0 Å². The summed E-state index contributed by atoms with van der Waals surface area (Å²) in [7, 11) is 0. The molecule has 3 aliphatic heterocycles. The summed E-state index contributed by atoms with van der Waals surface area (Å²) in [6.07, 6.45) is 7.96. The number of piperidine rings is 1. The first kappa shape index (κ1) is 14.8. The lowest BCUT2D eigenvalue weighted by Crippen LogP contribution is -2.55. The Morgan fingerprint density at radius 2 is 2.05 bits per heavy atom. The Bertz CT molecular complexity index is 399. The summed E-state index contributed by atoms with van der Waals surface area (Å²) < 4.78 is 0. The van der Waals surface area contributed by atoms with Gasteiger partial charge in [-0.05, 0) is 38.6 Å². The van der Waals surface area contributed by atoms with Crippen molar-refractivity contribution in [3.05, 3.63) is 0 Å². The number of hydrogen-bond donors (Lipinski definition) is 1. The van der Waals surface area contributed by atoms with Gasteiger partial charge in [0.1, 0.15) is 0 Å². The molecule has 118 valence electrons. The summed E-state index contributed by atoms with van der Waals surface area (Å²) in [4.78, 5) is 28.2. The summed E-state index contributed by atoms with van der Waals surface area (Å²) in [5, 5.41) is 3.61. The molecule has 0 saturated carbocycles. The van der Waals surface area contributed by atoms with Gasteiger partial charge in [-0.3, -0.25) is 9.59 Å². The Hall–Kier alpha value is -1.10. The number of likely N-dealkylation sites (tertiary alicyclic amines) is 2. The van der Waals surface area contributed by atoms with Crippen LogP contribution in [0.5, 0.6) is 0 Å². The highest BCUT2D eigenvalue weighted by Crippen LogP contribution is 2.25. The zero-order valence-corrected chi connectivity index (χ0v) is 12.9. The molecule has 5 heteroatoms. The maximum absolute atomic E-state index is 12.6. The van der Waals surface area contributed by atoms with Crippen LogP contribution in [0, 0.1) is 0 Å². The average molecular weight is 293 g/mol. The van der Waals surface area contributed by atoms with E-state index in [0.29, 0.717) is 31.5 Å². The molecule has 21 heavy (non-hydrogen) atoms. The van der Waals surface area contributed by atoms with E-state index < -0.39 is 0 Å². The van der Waals surface area contributed by atoms with Gasteiger partial charge < -0.3 is 15.1 Å². The third-order valence-electron chi connectivity index (χ3n) is 5.20. The zero-order valence-electron chi connectivity index (χ0n) is 12.9. The highest BCUT2D eigenvalue weighted by molar-refractivity contribution is 5.80. The van der Waals surface area contributed by atoms with E-state index in [-0.39, 0.29) is 11.8 Å². The van der Waals surface area contributed by atoms with Gasteiger partial charge in [0.05, 0.1) is 0 Å². The van der Waals surface area contributed by atoms with Gasteiger partial charge in [0.25, 0.3) is 0 Å². The smallest absolute Gasteiger partial charge is 0.224 e. The predicted octanol–water partition coefficient (Wildman–Crippen LogP) is 1.13. The molecular formula is C16H27N3O2. The van der Waals surface area contributed by atoms with Gasteiger partial charge in [-0.15, -0.1) is 0 Å². The monoisotopic (exact) mass is 293 g/mol. The van der Waals surface area contributed by atoms with Crippen LogP contribution in [0.15, 0.2) is 0 Å². The number of carbonyl (C=O) groups excluding carboxylic acids is 2. The number of hydrogen-bond acceptors (Lipinski definition) is 3. The van der Waals surface area contributed by atoms with Crippen LogP contribution in [0.25, 0.3) is 0 Å². The van der Waals surface area contributed by atoms with Crippen LogP contribution >= 0.6 is 0 Å². The summed E-state index contributed by atoms with van der Waals surface area (Å²) >= 11 is 0. The second-order valence-electron chi connectivity index (χ2n) is 6.59. The van der Waals surface area contributed by atoms with E-state index in [1.807, 2.05) is 4.90 Å². The molecule has 3 rings (SSSR count). The lowest BCUT2D eigenvalue weighted by molar-refractivity contribution is -0.136. The fraction of sp³-hybridized carbons (Fsp3) is 0.875. The Labute approximate surface area is 127 Å². The van der Waals surface area contributed by atoms with E-state index in [0.717, 1.165) is 38.9 Å². The van der Waals surface area contributed by atoms with Gasteiger partial charge in [-0.25, -0.2) is 0 Å². The number of amides is 2. The van der Waals surface area contributed by atoms with E-state index in [9.17, 15) is 9.59 Å². The van der Waals surface area contributed by atoms with Crippen molar-refractivity contribution in [1.82, 2.24) is 15.1 Å². The fourth-order valence-electron chi connectivity index (χ4n) is 4.04. The van der Waals surface area contributed by atoms with Gasteiger partial charge in [0.15, 0.2) is 0 Å². The van der Waals surface area contributed by atoms with Crippen molar-refractivity contribution >= 4 is 11.8 Å². The molecule has 2 amide bonds. The predicted molar refractivity (Wildman–Crippen MR) is 80.8 cm³/mol. The van der Waals surface area contributed by atoms with Gasteiger partial charge in [-0.1, -0.05) is 6.42 Å². The minimum absolute atomic E-state index is 0.218. The summed E-state index contributed by atoms with van der Waals surface area (Å²) in [5.74, 6) is 0.462. The minimum Gasteiger partial charge on any atom is -0.342 e. The topological polar surface area (TPSA) is 52.7 Å². The van der Waals surface area contributed by atoms with Crippen LogP contribution in [0.1, 0.15) is 51.4 Å². The van der Waals surface area contributed by atoms with Crippen LogP contribution in [0.3, 0.4) is 0 Å². The SMILES string of the molecule is O=C1CCCN1CCC(=O)N1CCC[C@H]2NCCCC[C@@H]21. The van der Waals surface area contributed by atoms with Crippen LogP contribution in [0.2, 0.25) is 0 Å². The number of nitrogens with zero attached hydrogens (tertiary/aromatic N) is 2. The highest BCUT2D eigenvalue weighted by atomic mass is 16.2. The summed E-state index contributed by atoms with van der Waals surface area (Å²) in [6.45, 7) is 3.43. The van der Waals surface area contributed by atoms with Crippen LogP contribution in [0.4, 0.5) is 0 Å². The second kappa shape index (κ2) is 6.77. The number of carbonyl (C=O) groups is 2. The van der Waals surface area contributed by atoms with Gasteiger partial charge >= 0.3 is 0 Å². The van der Waals surface area contributed by atoms with Crippen molar-refractivity contribution < 1.29 is 9.59 Å². The lowest BCUT2D eigenvalue weighted by atomic mass is 9.93. The van der Waals surface area contributed by atoms with E-state index in [1.165, 1.54) is 19.3 Å². The first-order chi connectivity index (χ1) is 10.3. The molecule has 2 atom stereocenters. The Morgan fingerprint density at radius 1 is 1.14 bits per heavy atom. The first-order valence-corrected chi connectivity index (χ1v) is 8.56. The molecule has 3 fully saturated rings. The quantitative estimate of drug-likeness (QED) is 0.849. The largest absolute Gasteiger partial charge is 0.342 e. The molecule has 0 radical (unpaired) electrons. The molecule has 0 aromatic carbocycles. The van der Waals surface area contributed by atoms with Crippen molar-refractivity contribution in [2.24, 2.45) is 0 Å². The van der Waals surface area contributed by atoms with Crippen molar-refractivity contribution in [3.63, 3.8) is 0 Å². The van der Waals surface area contributed by atoms with E-state index >= 15 is 0 Å². The second-order valence-corrected chi connectivity index (χ2v) is 6.59. The maximum atomic E-state index is 12.6. The third-order valence-corrected chi connectivity index (χ3v) is 5.20. The van der Waals surface area contributed by atoms with Crippen LogP contribution < -0.4 is 5.32 Å². The molecule has 0 aliphatic carbocycles. The van der Waals surface area contributed by atoms with Crippen molar-refractivity contribution in [1.29, 1.82) is 0 Å². The molecule has 0 unspecified atom stereocenters. The number of fused-ring (bicyclic) bond motifs is 1. The van der Waals surface area contributed by atoms with Crippen LogP contribution in [-0.2, 0) is 9.59 Å². The van der Waals surface area contributed by atoms with Crippen LogP contribution in [-0.4, -0.2) is 59.9 Å². The average Bonchev–Trinajstić information content (AvgIpc) is 2.75. The Morgan fingerprint density at radius 3 is 2.86 bits per heavy atom. The Kier molecular flexibility index (Phi) is 4.78. The van der Waals surface area contributed by atoms with E-state index in [2.05, 4.69) is 10.2 Å². The minimum atomic E-state index is 0.218. The third kappa shape index (κ3) is 3.39. The first-order valence-electron chi connectivity index (χ1n) is 8.56. The molecule has 3 saturated heterocycles. The molecule has 0 spiro atoms. The van der Waals surface area contributed by atoms with Gasteiger partial charge in [0.2, 0.25) is 11.8 Å². The molecule has 5 nitrogen and oxygen atoms in total. The van der Waals surface area contributed by atoms with Crippen molar-refractivity contribution in [3.8, 4) is 0 Å². The van der Waals surface area contributed by atoms with E-state index in [4.69, 9.17) is 0 Å². The molecule has 0 aromatic rings. The standard InChI is InChI=1S/C16H27N3O2/c20-15-7-4-10-18(15)12-8-16(21)19-11-3-5-13-14(19)6-1-2-9-17-13/h13-14,17H,1-12H2/t13-,14+/m1/s1. The van der Waals surface area contributed by atoms with Crippen molar-refractivity contribution in [2.45, 2.75) is 63.5 Å².